The Morgan fingerprint density at radius 2 is 2.07 bits per heavy atom. The molecule has 0 unspecified atom stereocenters. The SMILES string of the molecule is Nc1snnc1C(=O)N1CCCCC1. The Balaban J connectivity index is 2.11. The van der Waals surface area contributed by atoms with Crippen LogP contribution in [0.3, 0.4) is 0 Å². The van der Waals surface area contributed by atoms with Gasteiger partial charge < -0.3 is 10.6 Å². The number of aromatic nitrogens is 2. The van der Waals surface area contributed by atoms with E-state index >= 15 is 0 Å². The molecule has 0 atom stereocenters. The average Bonchev–Trinajstić information content (AvgIpc) is 2.65. The predicted octanol–water partition coefficient (Wildman–Crippen LogP) is 0.746. The molecule has 0 bridgehead atoms. The van der Waals surface area contributed by atoms with E-state index in [1.54, 1.807) is 4.90 Å². The van der Waals surface area contributed by atoms with E-state index in [9.17, 15) is 4.79 Å². The molecule has 1 saturated heterocycles. The highest BCUT2D eigenvalue weighted by Gasteiger charge is 2.22. The topological polar surface area (TPSA) is 72.1 Å². The van der Waals surface area contributed by atoms with E-state index in [2.05, 4.69) is 9.59 Å². The zero-order valence-corrected chi connectivity index (χ0v) is 8.59. The van der Waals surface area contributed by atoms with Crippen molar-refractivity contribution in [1.82, 2.24) is 14.5 Å². The van der Waals surface area contributed by atoms with Gasteiger partial charge in [0.25, 0.3) is 5.91 Å². The van der Waals surface area contributed by atoms with Crippen LogP contribution < -0.4 is 5.73 Å². The molecule has 0 radical (unpaired) electrons. The highest BCUT2D eigenvalue weighted by Crippen LogP contribution is 2.17. The fourth-order valence-corrected chi connectivity index (χ4v) is 2.02. The van der Waals surface area contributed by atoms with Gasteiger partial charge in [-0.2, -0.15) is 0 Å². The van der Waals surface area contributed by atoms with Crippen molar-refractivity contribution >= 4 is 22.4 Å². The Kier molecular flexibility index (Phi) is 2.62. The summed E-state index contributed by atoms with van der Waals surface area (Å²) in [6, 6.07) is 0. The van der Waals surface area contributed by atoms with E-state index in [4.69, 9.17) is 5.73 Å². The number of carbonyl (C=O) groups excluding carboxylic acids is 1. The summed E-state index contributed by atoms with van der Waals surface area (Å²) < 4.78 is 3.66. The Morgan fingerprint density at radius 3 is 2.64 bits per heavy atom. The minimum Gasteiger partial charge on any atom is -0.387 e. The molecule has 0 aromatic carbocycles. The minimum absolute atomic E-state index is 0.0732. The van der Waals surface area contributed by atoms with E-state index in [0.717, 1.165) is 37.5 Å². The first kappa shape index (κ1) is 9.39. The van der Waals surface area contributed by atoms with E-state index in [1.807, 2.05) is 0 Å². The van der Waals surface area contributed by atoms with Crippen LogP contribution in [-0.4, -0.2) is 33.5 Å². The van der Waals surface area contributed by atoms with Gasteiger partial charge in [-0.1, -0.05) is 4.49 Å². The number of likely N-dealkylation sites (tertiary alicyclic amines) is 1. The lowest BCUT2D eigenvalue weighted by molar-refractivity contribution is 0.0719. The maximum Gasteiger partial charge on any atom is 0.277 e. The summed E-state index contributed by atoms with van der Waals surface area (Å²) in [5.41, 5.74) is 5.91. The van der Waals surface area contributed by atoms with E-state index in [1.165, 1.54) is 6.42 Å². The van der Waals surface area contributed by atoms with Crippen molar-refractivity contribution in [3.8, 4) is 0 Å². The lowest BCUT2D eigenvalue weighted by Gasteiger charge is -2.25. The lowest BCUT2D eigenvalue weighted by Crippen LogP contribution is -2.36. The molecule has 2 heterocycles. The minimum atomic E-state index is -0.0732. The molecule has 6 heteroatoms. The normalized spacial score (nSPS) is 17.0. The lowest BCUT2D eigenvalue weighted by atomic mass is 10.1. The monoisotopic (exact) mass is 212 g/mol. The summed E-state index contributed by atoms with van der Waals surface area (Å²) in [6.07, 6.45) is 3.35. The first-order chi connectivity index (χ1) is 6.79. The van der Waals surface area contributed by atoms with Crippen molar-refractivity contribution in [3.63, 3.8) is 0 Å². The molecule has 0 spiro atoms. The molecule has 2 N–H and O–H groups in total. The molecule has 1 aromatic heterocycles. The van der Waals surface area contributed by atoms with Gasteiger partial charge in [-0.3, -0.25) is 4.79 Å². The third kappa shape index (κ3) is 1.70. The van der Waals surface area contributed by atoms with Gasteiger partial charge in [-0.15, -0.1) is 5.10 Å². The number of nitrogen functional groups attached to an aromatic ring is 1. The van der Waals surface area contributed by atoms with Crippen molar-refractivity contribution in [2.75, 3.05) is 18.8 Å². The van der Waals surface area contributed by atoms with Crippen LogP contribution in [-0.2, 0) is 0 Å². The first-order valence-electron chi connectivity index (χ1n) is 4.66. The zero-order valence-electron chi connectivity index (χ0n) is 7.77. The highest BCUT2D eigenvalue weighted by atomic mass is 32.1. The summed E-state index contributed by atoms with van der Waals surface area (Å²) in [5.74, 6) is -0.0732. The van der Waals surface area contributed by atoms with Crippen LogP contribution in [0, 0.1) is 0 Å². The maximum atomic E-state index is 11.8. The van der Waals surface area contributed by atoms with Crippen LogP contribution in [0.25, 0.3) is 0 Å². The van der Waals surface area contributed by atoms with Gasteiger partial charge in [-0.25, -0.2) is 0 Å². The summed E-state index contributed by atoms with van der Waals surface area (Å²) in [6.45, 7) is 1.63. The van der Waals surface area contributed by atoms with Gasteiger partial charge in [0.1, 0.15) is 5.00 Å². The van der Waals surface area contributed by atoms with Crippen molar-refractivity contribution in [2.24, 2.45) is 0 Å². The molecular formula is C8H12N4OS. The van der Waals surface area contributed by atoms with Crippen molar-refractivity contribution < 1.29 is 4.79 Å². The maximum absolute atomic E-state index is 11.8. The van der Waals surface area contributed by atoms with Crippen LogP contribution in [0.5, 0.6) is 0 Å². The van der Waals surface area contributed by atoms with Crippen LogP contribution in [0.4, 0.5) is 5.00 Å². The summed E-state index contributed by atoms with van der Waals surface area (Å²) in [7, 11) is 0. The first-order valence-corrected chi connectivity index (χ1v) is 5.43. The molecule has 1 aliphatic rings. The zero-order chi connectivity index (χ0) is 9.97. The third-order valence-electron chi connectivity index (χ3n) is 2.36. The van der Waals surface area contributed by atoms with Gasteiger partial charge in [0.15, 0.2) is 5.69 Å². The Labute approximate surface area is 86.1 Å². The number of amides is 1. The highest BCUT2D eigenvalue weighted by molar-refractivity contribution is 7.10. The van der Waals surface area contributed by atoms with Crippen molar-refractivity contribution in [3.05, 3.63) is 5.69 Å². The fraction of sp³-hybridized carbons (Fsp3) is 0.625. The molecule has 0 saturated carbocycles. The number of rotatable bonds is 1. The largest absolute Gasteiger partial charge is 0.387 e. The number of anilines is 1. The number of nitrogens with two attached hydrogens (primary N) is 1. The second-order valence-corrected chi connectivity index (χ2v) is 4.12. The van der Waals surface area contributed by atoms with E-state index in [0.29, 0.717) is 10.7 Å². The van der Waals surface area contributed by atoms with E-state index < -0.39 is 0 Å². The number of nitrogens with zero attached hydrogens (tertiary/aromatic N) is 3. The van der Waals surface area contributed by atoms with Crippen molar-refractivity contribution in [1.29, 1.82) is 0 Å². The Hall–Kier alpha value is -1.17. The Bertz CT molecular complexity index is 332. The molecule has 5 nitrogen and oxygen atoms in total. The van der Waals surface area contributed by atoms with E-state index in [-0.39, 0.29) is 5.91 Å². The van der Waals surface area contributed by atoms with Crippen LogP contribution in [0.15, 0.2) is 0 Å². The summed E-state index contributed by atoms with van der Waals surface area (Å²) >= 11 is 1.07. The Morgan fingerprint density at radius 1 is 1.36 bits per heavy atom. The second-order valence-electron chi connectivity index (χ2n) is 3.34. The smallest absolute Gasteiger partial charge is 0.277 e. The van der Waals surface area contributed by atoms with Crippen LogP contribution >= 0.6 is 11.5 Å². The fourth-order valence-electron chi connectivity index (χ4n) is 1.59. The quantitative estimate of drug-likeness (QED) is 0.745. The molecule has 14 heavy (non-hydrogen) atoms. The molecule has 1 aliphatic heterocycles. The molecule has 2 rings (SSSR count). The summed E-state index contributed by atoms with van der Waals surface area (Å²) in [5, 5.41) is 4.16. The average molecular weight is 212 g/mol. The number of hydrogen-bond acceptors (Lipinski definition) is 5. The molecule has 1 amide bonds. The van der Waals surface area contributed by atoms with Gasteiger partial charge in [0.05, 0.1) is 0 Å². The molecule has 1 fully saturated rings. The number of carbonyl (C=O) groups is 1. The molecule has 0 aliphatic carbocycles. The molecule has 76 valence electrons. The van der Waals surface area contributed by atoms with Gasteiger partial charge in [-0.05, 0) is 19.3 Å². The third-order valence-corrected chi connectivity index (χ3v) is 2.91. The van der Waals surface area contributed by atoms with Crippen LogP contribution in [0.1, 0.15) is 29.8 Å². The standard InChI is InChI=1S/C8H12N4OS/c9-7-6(10-11-14-7)8(13)12-4-2-1-3-5-12/h1-5,9H2. The van der Waals surface area contributed by atoms with Gasteiger partial charge in [0.2, 0.25) is 0 Å². The van der Waals surface area contributed by atoms with Gasteiger partial charge in [0, 0.05) is 24.6 Å². The number of hydrogen-bond donors (Lipinski definition) is 1. The van der Waals surface area contributed by atoms with Crippen LogP contribution in [0.2, 0.25) is 0 Å². The second kappa shape index (κ2) is 3.91. The number of piperidine rings is 1. The van der Waals surface area contributed by atoms with Gasteiger partial charge >= 0.3 is 0 Å². The molecular weight excluding hydrogens is 200 g/mol. The molecule has 1 aromatic rings. The van der Waals surface area contributed by atoms with Crippen molar-refractivity contribution in [2.45, 2.75) is 19.3 Å². The predicted molar refractivity (Wildman–Crippen MR) is 54.1 cm³/mol. The summed E-state index contributed by atoms with van der Waals surface area (Å²) in [4.78, 5) is 13.6.